The van der Waals surface area contributed by atoms with Crippen LogP contribution in [0.15, 0.2) is 10.3 Å². The quantitative estimate of drug-likeness (QED) is 0.461. The lowest BCUT2D eigenvalue weighted by Gasteiger charge is -2.35. The van der Waals surface area contributed by atoms with Gasteiger partial charge in [-0.3, -0.25) is 0 Å². The lowest BCUT2D eigenvalue weighted by atomic mass is 9.70. The molecule has 2 saturated carbocycles. The van der Waals surface area contributed by atoms with Crippen LogP contribution in [0.4, 0.5) is 0 Å². The molecule has 0 spiro atoms. The Morgan fingerprint density at radius 3 is 1.64 bits per heavy atom. The predicted octanol–water partition coefficient (Wildman–Crippen LogP) is 2.25. The fraction of sp³-hybridized carbons (Fsp3) is 0.800. The van der Waals surface area contributed by atoms with Crippen LogP contribution in [0.1, 0.15) is 38.5 Å². The van der Waals surface area contributed by atoms with E-state index in [-0.39, 0.29) is 0 Å². The van der Waals surface area contributed by atoms with Crippen molar-refractivity contribution in [2.24, 2.45) is 22.1 Å². The van der Waals surface area contributed by atoms with Crippen molar-refractivity contribution in [3.63, 3.8) is 0 Å². The molecule has 0 aromatic rings. The Kier molecular flexibility index (Phi) is 2.70. The summed E-state index contributed by atoms with van der Waals surface area (Å²) in [5.41, 5.74) is 1.16. The zero-order valence-electron chi connectivity index (χ0n) is 8.19. The molecule has 2 fully saturated rings. The molecule has 0 aromatic heterocycles. The van der Waals surface area contributed by atoms with Crippen LogP contribution in [0.2, 0.25) is 0 Å². The first-order valence-electron chi connectivity index (χ1n) is 5.27. The molecular formula is C10H16N2O2. The van der Waals surface area contributed by atoms with Crippen molar-refractivity contribution in [3.05, 3.63) is 0 Å². The van der Waals surface area contributed by atoms with Gasteiger partial charge < -0.3 is 10.4 Å². The van der Waals surface area contributed by atoms with Crippen molar-refractivity contribution in [2.45, 2.75) is 38.5 Å². The Morgan fingerprint density at radius 2 is 1.29 bits per heavy atom. The van der Waals surface area contributed by atoms with Gasteiger partial charge >= 0.3 is 0 Å². The van der Waals surface area contributed by atoms with Gasteiger partial charge in [0.25, 0.3) is 0 Å². The Morgan fingerprint density at radius 1 is 0.857 bits per heavy atom. The summed E-state index contributed by atoms with van der Waals surface area (Å²) in [7, 11) is 0. The molecule has 2 atom stereocenters. The molecule has 4 heteroatoms. The van der Waals surface area contributed by atoms with Gasteiger partial charge in [0.2, 0.25) is 0 Å². The monoisotopic (exact) mass is 196 g/mol. The highest BCUT2D eigenvalue weighted by atomic mass is 16.4. The number of nitrogens with zero attached hydrogens (tertiary/aromatic N) is 2. The van der Waals surface area contributed by atoms with Crippen LogP contribution in [0, 0.1) is 11.8 Å². The molecular weight excluding hydrogens is 180 g/mol. The first-order valence-corrected chi connectivity index (χ1v) is 5.27. The standard InChI is InChI=1S/C10H16N2O2/c13-11-9-5-7-3-1-2-4-8(7)6-10(9)12-14/h7-8,13-14H,1-6H2/b11-9-,12-10-. The van der Waals surface area contributed by atoms with E-state index in [4.69, 9.17) is 10.4 Å². The van der Waals surface area contributed by atoms with E-state index in [9.17, 15) is 0 Å². The fourth-order valence-corrected chi connectivity index (χ4v) is 2.75. The minimum absolute atomic E-state index is 0.579. The van der Waals surface area contributed by atoms with Crippen molar-refractivity contribution in [3.8, 4) is 0 Å². The molecule has 2 unspecified atom stereocenters. The van der Waals surface area contributed by atoms with Gasteiger partial charge in [0, 0.05) is 0 Å². The van der Waals surface area contributed by atoms with Crippen molar-refractivity contribution in [2.75, 3.05) is 0 Å². The van der Waals surface area contributed by atoms with E-state index in [2.05, 4.69) is 10.3 Å². The number of rotatable bonds is 0. The van der Waals surface area contributed by atoms with Crippen LogP contribution in [-0.2, 0) is 0 Å². The fourth-order valence-electron chi connectivity index (χ4n) is 2.75. The Balaban J connectivity index is 2.14. The molecule has 2 aliphatic carbocycles. The Bertz CT molecular complexity index is 245. The Hall–Kier alpha value is -1.06. The van der Waals surface area contributed by atoms with Crippen LogP contribution in [0.5, 0.6) is 0 Å². The lowest BCUT2D eigenvalue weighted by Crippen LogP contribution is -2.34. The molecule has 0 radical (unpaired) electrons. The number of hydrogen-bond donors (Lipinski definition) is 2. The van der Waals surface area contributed by atoms with Crippen molar-refractivity contribution in [1.82, 2.24) is 0 Å². The van der Waals surface area contributed by atoms with E-state index in [1.807, 2.05) is 0 Å². The highest BCUT2D eigenvalue weighted by Crippen LogP contribution is 2.38. The molecule has 4 nitrogen and oxygen atoms in total. The van der Waals surface area contributed by atoms with E-state index in [0.717, 1.165) is 12.8 Å². The molecule has 14 heavy (non-hydrogen) atoms. The van der Waals surface area contributed by atoms with Gasteiger partial charge in [0.15, 0.2) is 0 Å². The van der Waals surface area contributed by atoms with Crippen molar-refractivity contribution >= 4 is 11.4 Å². The van der Waals surface area contributed by atoms with Crippen molar-refractivity contribution in [1.29, 1.82) is 0 Å². The zero-order chi connectivity index (χ0) is 9.97. The molecule has 0 aromatic carbocycles. The van der Waals surface area contributed by atoms with Crippen LogP contribution in [-0.4, -0.2) is 21.8 Å². The van der Waals surface area contributed by atoms with E-state index >= 15 is 0 Å². The molecule has 0 saturated heterocycles. The van der Waals surface area contributed by atoms with Crippen LogP contribution in [0.3, 0.4) is 0 Å². The summed E-state index contributed by atoms with van der Waals surface area (Å²) < 4.78 is 0. The van der Waals surface area contributed by atoms with Gasteiger partial charge in [-0.05, 0) is 37.5 Å². The number of oxime groups is 2. The van der Waals surface area contributed by atoms with E-state index in [0.29, 0.717) is 23.3 Å². The summed E-state index contributed by atoms with van der Waals surface area (Å²) >= 11 is 0. The number of hydrogen-bond acceptors (Lipinski definition) is 4. The smallest absolute Gasteiger partial charge is 0.105 e. The van der Waals surface area contributed by atoms with Crippen molar-refractivity contribution < 1.29 is 10.4 Å². The molecule has 0 heterocycles. The predicted molar refractivity (Wildman–Crippen MR) is 53.1 cm³/mol. The minimum Gasteiger partial charge on any atom is -0.411 e. The van der Waals surface area contributed by atoms with E-state index in [1.165, 1.54) is 25.7 Å². The van der Waals surface area contributed by atoms with Crippen LogP contribution in [0.25, 0.3) is 0 Å². The molecule has 2 N–H and O–H groups in total. The molecule has 2 aliphatic rings. The minimum atomic E-state index is 0.579. The van der Waals surface area contributed by atoms with Gasteiger partial charge in [-0.1, -0.05) is 23.2 Å². The molecule has 0 amide bonds. The summed E-state index contributed by atoms with van der Waals surface area (Å²) in [6, 6.07) is 0. The van der Waals surface area contributed by atoms with E-state index < -0.39 is 0 Å². The van der Waals surface area contributed by atoms with E-state index in [1.54, 1.807) is 0 Å². The van der Waals surface area contributed by atoms with Gasteiger partial charge in [0.05, 0.1) is 0 Å². The Labute approximate surface area is 83.3 Å². The maximum absolute atomic E-state index is 8.78. The van der Waals surface area contributed by atoms with Crippen LogP contribution >= 0.6 is 0 Å². The lowest BCUT2D eigenvalue weighted by molar-refractivity contribution is 0.235. The van der Waals surface area contributed by atoms with Crippen LogP contribution < -0.4 is 0 Å². The second kappa shape index (κ2) is 3.98. The highest BCUT2D eigenvalue weighted by Gasteiger charge is 2.34. The average molecular weight is 196 g/mol. The zero-order valence-corrected chi connectivity index (χ0v) is 8.19. The second-order valence-electron chi connectivity index (χ2n) is 4.31. The number of fused-ring (bicyclic) bond motifs is 1. The summed E-state index contributed by atoms with van der Waals surface area (Å²) in [6.45, 7) is 0. The third-order valence-electron chi connectivity index (χ3n) is 3.55. The molecule has 2 rings (SSSR count). The highest BCUT2D eigenvalue weighted by molar-refractivity contribution is 6.42. The largest absolute Gasteiger partial charge is 0.411 e. The maximum Gasteiger partial charge on any atom is 0.105 e. The second-order valence-corrected chi connectivity index (χ2v) is 4.31. The first kappa shape index (κ1) is 9.49. The summed E-state index contributed by atoms with van der Waals surface area (Å²) in [5, 5.41) is 24.0. The summed E-state index contributed by atoms with van der Waals surface area (Å²) in [4.78, 5) is 0. The van der Waals surface area contributed by atoms with Gasteiger partial charge in [-0.2, -0.15) is 0 Å². The summed E-state index contributed by atoms with van der Waals surface area (Å²) in [5.74, 6) is 1.28. The average Bonchev–Trinajstić information content (AvgIpc) is 2.27. The van der Waals surface area contributed by atoms with Gasteiger partial charge in [-0.25, -0.2) is 0 Å². The maximum atomic E-state index is 8.78. The summed E-state index contributed by atoms with van der Waals surface area (Å²) in [6.07, 6.45) is 6.57. The molecule has 0 bridgehead atoms. The molecule has 78 valence electrons. The third kappa shape index (κ3) is 1.61. The SMILES string of the molecule is O/N=C1/CC2CCCCC2C/C1=N/O. The van der Waals surface area contributed by atoms with Gasteiger partial charge in [0.1, 0.15) is 11.4 Å². The normalized spacial score (nSPS) is 38.6. The van der Waals surface area contributed by atoms with Gasteiger partial charge in [-0.15, -0.1) is 0 Å². The topological polar surface area (TPSA) is 65.2 Å². The third-order valence-corrected chi connectivity index (χ3v) is 3.55. The molecule has 0 aliphatic heterocycles. The first-order chi connectivity index (χ1) is 6.85.